The Hall–Kier alpha value is -0.900. The molecule has 0 atom stereocenters. The van der Waals surface area contributed by atoms with Gasteiger partial charge in [0, 0.05) is 28.8 Å². The number of fused-ring (bicyclic) bond motifs is 1. The summed E-state index contributed by atoms with van der Waals surface area (Å²) in [5.74, 6) is 0. The number of aliphatic hydroxyl groups is 1. The Morgan fingerprint density at radius 1 is 1.21 bits per heavy atom. The summed E-state index contributed by atoms with van der Waals surface area (Å²) in [6, 6.07) is 11.8. The molecule has 0 bridgehead atoms. The van der Waals surface area contributed by atoms with E-state index in [1.807, 2.05) is 11.3 Å². The van der Waals surface area contributed by atoms with Crippen LogP contribution in [-0.4, -0.2) is 29.2 Å². The van der Waals surface area contributed by atoms with Crippen LogP contribution in [0.25, 0.3) is 10.1 Å². The van der Waals surface area contributed by atoms with Gasteiger partial charge in [0.2, 0.25) is 0 Å². The number of unbranched alkanes of at least 4 members (excludes halogenated alkanes) is 1. The van der Waals surface area contributed by atoms with Gasteiger partial charge in [0.05, 0.1) is 0 Å². The standard InChI is InChI=1S/C16H21NOS/c18-10-4-3-9-17(14-7-8-14)12-15-11-13-5-1-2-6-16(13)19-15/h1-2,5-6,11,14,18H,3-4,7-10,12H2. The summed E-state index contributed by atoms with van der Waals surface area (Å²) in [6.07, 6.45) is 4.74. The zero-order chi connectivity index (χ0) is 13.1. The third kappa shape index (κ3) is 3.35. The van der Waals surface area contributed by atoms with Crippen LogP contribution in [0.2, 0.25) is 0 Å². The van der Waals surface area contributed by atoms with Crippen molar-refractivity contribution >= 4 is 21.4 Å². The summed E-state index contributed by atoms with van der Waals surface area (Å²) < 4.78 is 1.39. The molecule has 0 aliphatic heterocycles. The molecule has 19 heavy (non-hydrogen) atoms. The summed E-state index contributed by atoms with van der Waals surface area (Å²) in [5.41, 5.74) is 0. The number of aliphatic hydroxyl groups excluding tert-OH is 1. The van der Waals surface area contributed by atoms with Gasteiger partial charge in [-0.25, -0.2) is 0 Å². The molecule has 2 aromatic rings. The Morgan fingerprint density at radius 2 is 2.05 bits per heavy atom. The predicted octanol–water partition coefficient (Wildman–Crippen LogP) is 3.64. The molecule has 1 aromatic carbocycles. The van der Waals surface area contributed by atoms with E-state index >= 15 is 0 Å². The highest BCUT2D eigenvalue weighted by Gasteiger charge is 2.28. The Morgan fingerprint density at radius 3 is 2.79 bits per heavy atom. The van der Waals surface area contributed by atoms with Gasteiger partial charge in [-0.3, -0.25) is 4.90 Å². The van der Waals surface area contributed by atoms with E-state index in [1.54, 1.807) is 0 Å². The van der Waals surface area contributed by atoms with Gasteiger partial charge in [0.1, 0.15) is 0 Å². The van der Waals surface area contributed by atoms with E-state index in [1.165, 1.54) is 27.8 Å². The van der Waals surface area contributed by atoms with Crippen LogP contribution in [-0.2, 0) is 6.54 Å². The first-order valence-electron chi connectivity index (χ1n) is 7.19. The Labute approximate surface area is 118 Å². The number of hydrogen-bond acceptors (Lipinski definition) is 3. The van der Waals surface area contributed by atoms with E-state index < -0.39 is 0 Å². The van der Waals surface area contributed by atoms with Gasteiger partial charge in [0.15, 0.2) is 0 Å². The van der Waals surface area contributed by atoms with Crippen LogP contribution in [0.3, 0.4) is 0 Å². The van der Waals surface area contributed by atoms with E-state index in [2.05, 4.69) is 35.2 Å². The third-order valence-electron chi connectivity index (χ3n) is 3.75. The van der Waals surface area contributed by atoms with Gasteiger partial charge in [0.25, 0.3) is 0 Å². The van der Waals surface area contributed by atoms with Crippen LogP contribution < -0.4 is 0 Å². The molecule has 0 amide bonds. The summed E-state index contributed by atoms with van der Waals surface area (Å²) in [5, 5.41) is 10.3. The van der Waals surface area contributed by atoms with Gasteiger partial charge in [-0.05, 0) is 49.7 Å². The van der Waals surface area contributed by atoms with E-state index in [0.29, 0.717) is 6.61 Å². The molecule has 1 saturated carbocycles. The van der Waals surface area contributed by atoms with Crippen molar-refractivity contribution in [3.63, 3.8) is 0 Å². The molecule has 3 heteroatoms. The quantitative estimate of drug-likeness (QED) is 0.780. The van der Waals surface area contributed by atoms with Gasteiger partial charge in [-0.15, -0.1) is 11.3 Å². The van der Waals surface area contributed by atoms with Gasteiger partial charge < -0.3 is 5.11 Å². The predicted molar refractivity (Wildman–Crippen MR) is 81.6 cm³/mol. The molecule has 1 aliphatic rings. The first-order valence-corrected chi connectivity index (χ1v) is 8.01. The van der Waals surface area contributed by atoms with Crippen molar-refractivity contribution in [2.45, 2.75) is 38.3 Å². The van der Waals surface area contributed by atoms with Crippen molar-refractivity contribution in [2.24, 2.45) is 0 Å². The lowest BCUT2D eigenvalue weighted by Gasteiger charge is -2.20. The van der Waals surface area contributed by atoms with Crippen molar-refractivity contribution in [3.8, 4) is 0 Å². The van der Waals surface area contributed by atoms with Crippen LogP contribution in [0.1, 0.15) is 30.6 Å². The summed E-state index contributed by atoms with van der Waals surface area (Å²) >= 11 is 1.92. The molecule has 1 N–H and O–H groups in total. The molecule has 102 valence electrons. The minimum atomic E-state index is 0.321. The van der Waals surface area contributed by atoms with E-state index in [-0.39, 0.29) is 0 Å². The monoisotopic (exact) mass is 275 g/mol. The maximum Gasteiger partial charge on any atom is 0.0431 e. The van der Waals surface area contributed by atoms with Crippen LogP contribution >= 0.6 is 11.3 Å². The second kappa shape index (κ2) is 6.04. The lowest BCUT2D eigenvalue weighted by Crippen LogP contribution is -2.26. The van der Waals surface area contributed by atoms with Gasteiger partial charge in [-0.2, -0.15) is 0 Å². The highest BCUT2D eigenvalue weighted by Crippen LogP contribution is 2.32. The second-order valence-electron chi connectivity index (χ2n) is 5.38. The minimum absolute atomic E-state index is 0.321. The van der Waals surface area contributed by atoms with Crippen LogP contribution in [0.5, 0.6) is 0 Å². The molecule has 0 unspecified atom stereocenters. The average molecular weight is 275 g/mol. The van der Waals surface area contributed by atoms with Crippen molar-refractivity contribution in [3.05, 3.63) is 35.2 Å². The average Bonchev–Trinajstić information content (AvgIpc) is 3.18. The fourth-order valence-electron chi connectivity index (χ4n) is 2.57. The van der Waals surface area contributed by atoms with Crippen LogP contribution in [0.4, 0.5) is 0 Å². The summed E-state index contributed by atoms with van der Waals surface area (Å²) in [7, 11) is 0. The van der Waals surface area contributed by atoms with Crippen molar-refractivity contribution in [1.29, 1.82) is 0 Å². The molecular formula is C16H21NOS. The molecule has 3 rings (SSSR count). The van der Waals surface area contributed by atoms with Crippen LogP contribution in [0.15, 0.2) is 30.3 Å². The number of benzene rings is 1. The van der Waals surface area contributed by atoms with Crippen LogP contribution in [0, 0.1) is 0 Å². The minimum Gasteiger partial charge on any atom is -0.396 e. The molecule has 1 aliphatic carbocycles. The fourth-order valence-corrected chi connectivity index (χ4v) is 3.66. The largest absolute Gasteiger partial charge is 0.396 e. The Kier molecular flexibility index (Phi) is 4.16. The SMILES string of the molecule is OCCCCN(Cc1cc2ccccc2s1)C1CC1. The molecule has 1 heterocycles. The molecule has 1 aromatic heterocycles. The highest BCUT2D eigenvalue weighted by atomic mass is 32.1. The number of rotatable bonds is 7. The lowest BCUT2D eigenvalue weighted by molar-refractivity contribution is 0.230. The van der Waals surface area contributed by atoms with Gasteiger partial charge in [-0.1, -0.05) is 18.2 Å². The zero-order valence-electron chi connectivity index (χ0n) is 11.2. The van der Waals surface area contributed by atoms with Gasteiger partial charge >= 0.3 is 0 Å². The molecule has 0 spiro atoms. The topological polar surface area (TPSA) is 23.5 Å². The zero-order valence-corrected chi connectivity index (χ0v) is 12.0. The highest BCUT2D eigenvalue weighted by molar-refractivity contribution is 7.19. The summed E-state index contributed by atoms with van der Waals surface area (Å²) in [4.78, 5) is 4.07. The maximum atomic E-state index is 8.90. The number of thiophene rings is 1. The second-order valence-corrected chi connectivity index (χ2v) is 6.55. The fraction of sp³-hybridized carbons (Fsp3) is 0.500. The lowest BCUT2D eigenvalue weighted by atomic mass is 10.2. The van der Waals surface area contributed by atoms with Crippen molar-refractivity contribution < 1.29 is 5.11 Å². The van der Waals surface area contributed by atoms with E-state index in [9.17, 15) is 0 Å². The third-order valence-corrected chi connectivity index (χ3v) is 4.85. The van der Waals surface area contributed by atoms with E-state index in [4.69, 9.17) is 5.11 Å². The molecule has 0 saturated heterocycles. The van der Waals surface area contributed by atoms with Crippen molar-refractivity contribution in [2.75, 3.05) is 13.2 Å². The first kappa shape index (κ1) is 13.1. The van der Waals surface area contributed by atoms with Crippen molar-refractivity contribution in [1.82, 2.24) is 4.90 Å². The molecule has 2 nitrogen and oxygen atoms in total. The molecule has 1 fully saturated rings. The number of hydrogen-bond donors (Lipinski definition) is 1. The molecular weight excluding hydrogens is 254 g/mol. The Bertz CT molecular complexity index is 499. The number of nitrogens with zero attached hydrogens (tertiary/aromatic N) is 1. The summed E-state index contributed by atoms with van der Waals surface area (Å²) in [6.45, 7) is 2.52. The first-order chi connectivity index (χ1) is 9.36. The Balaban J connectivity index is 1.66. The van der Waals surface area contributed by atoms with E-state index in [0.717, 1.165) is 32.0 Å². The molecule has 0 radical (unpaired) electrons. The normalized spacial score (nSPS) is 15.5. The maximum absolute atomic E-state index is 8.90. The smallest absolute Gasteiger partial charge is 0.0431 e.